The minimum Gasteiger partial charge on any atom is -0.454 e. The first-order chi connectivity index (χ1) is 7.29. The van der Waals surface area contributed by atoms with E-state index < -0.39 is 0 Å². The molecule has 0 amide bonds. The fraction of sp³-hybridized carbons (Fsp3) is 0.0833. The number of aldehydes is 1. The maximum Gasteiger partial charge on any atom is 0.185 e. The van der Waals surface area contributed by atoms with Crippen molar-refractivity contribution in [3.8, 4) is 0 Å². The molecule has 15 heavy (non-hydrogen) atoms. The van der Waals surface area contributed by atoms with E-state index in [2.05, 4.69) is 0 Å². The van der Waals surface area contributed by atoms with Gasteiger partial charge >= 0.3 is 0 Å². The summed E-state index contributed by atoms with van der Waals surface area (Å²) in [7, 11) is 0. The molecular weight excluding hydrogens is 212 g/mol. The molecular formula is C12H9ClO2. The van der Waals surface area contributed by atoms with Gasteiger partial charge in [0.1, 0.15) is 5.76 Å². The topological polar surface area (TPSA) is 26.3 Å². The minimum atomic E-state index is 0.363. The Morgan fingerprint density at radius 2 is 1.93 bits per heavy atom. The Labute approximate surface area is 92.8 Å². The van der Waals surface area contributed by atoms with E-state index in [9.17, 15) is 4.79 Å². The lowest BCUT2D eigenvalue weighted by Gasteiger charge is -2.13. The number of ether oxygens (including phenoxy) is 1. The van der Waals surface area contributed by atoms with Crippen LogP contribution < -0.4 is 0 Å². The van der Waals surface area contributed by atoms with E-state index in [1.807, 2.05) is 18.2 Å². The molecule has 2 rings (SSSR count). The van der Waals surface area contributed by atoms with E-state index in [4.69, 9.17) is 16.3 Å². The van der Waals surface area contributed by atoms with Crippen LogP contribution in [0.2, 0.25) is 5.02 Å². The summed E-state index contributed by atoms with van der Waals surface area (Å²) in [5.74, 6) is 1.07. The largest absolute Gasteiger partial charge is 0.454 e. The van der Waals surface area contributed by atoms with Crippen LogP contribution in [0.5, 0.6) is 0 Å². The Balaban J connectivity index is 2.22. The summed E-state index contributed by atoms with van der Waals surface area (Å²) in [5.41, 5.74) is 0.923. The minimum absolute atomic E-state index is 0.363. The number of carbonyl (C=O) groups is 1. The van der Waals surface area contributed by atoms with Gasteiger partial charge in [-0.05, 0) is 42.8 Å². The molecule has 2 nitrogen and oxygen atoms in total. The van der Waals surface area contributed by atoms with Gasteiger partial charge in [-0.25, -0.2) is 0 Å². The Hall–Kier alpha value is -1.54. The molecule has 0 saturated heterocycles. The molecule has 0 aliphatic carbocycles. The zero-order valence-corrected chi connectivity index (χ0v) is 8.70. The third kappa shape index (κ3) is 2.28. The van der Waals surface area contributed by atoms with Crippen molar-refractivity contribution in [1.29, 1.82) is 0 Å². The lowest BCUT2D eigenvalue weighted by molar-refractivity contribution is -0.106. The second-order valence-electron chi connectivity index (χ2n) is 3.14. The van der Waals surface area contributed by atoms with Crippen molar-refractivity contribution in [2.24, 2.45) is 0 Å². The predicted octanol–water partition coefficient (Wildman–Crippen LogP) is 3.18. The van der Waals surface area contributed by atoms with E-state index in [1.165, 1.54) is 0 Å². The maximum atomic E-state index is 10.5. The summed E-state index contributed by atoms with van der Waals surface area (Å²) < 4.78 is 5.37. The molecule has 0 spiro atoms. The summed E-state index contributed by atoms with van der Waals surface area (Å²) >= 11 is 5.78. The Morgan fingerprint density at radius 3 is 2.60 bits per heavy atom. The van der Waals surface area contributed by atoms with Gasteiger partial charge in [0, 0.05) is 10.6 Å². The average molecular weight is 221 g/mol. The molecule has 1 aliphatic rings. The molecule has 0 N–H and O–H groups in total. The molecule has 1 heterocycles. The molecule has 1 aromatic rings. The normalized spacial score (nSPS) is 15.0. The first-order valence-electron chi connectivity index (χ1n) is 4.59. The second-order valence-corrected chi connectivity index (χ2v) is 3.57. The number of hydrogen-bond acceptors (Lipinski definition) is 2. The van der Waals surface area contributed by atoms with Gasteiger partial charge in [-0.1, -0.05) is 11.6 Å². The van der Waals surface area contributed by atoms with Crippen molar-refractivity contribution in [2.45, 2.75) is 6.42 Å². The molecule has 0 aromatic heterocycles. The van der Waals surface area contributed by atoms with Crippen LogP contribution in [0.25, 0.3) is 5.76 Å². The Morgan fingerprint density at radius 1 is 1.20 bits per heavy atom. The van der Waals surface area contributed by atoms with Crippen molar-refractivity contribution >= 4 is 23.6 Å². The summed E-state index contributed by atoms with van der Waals surface area (Å²) in [6, 6.07) is 7.31. The van der Waals surface area contributed by atoms with Crippen LogP contribution in [0.3, 0.4) is 0 Å². The highest BCUT2D eigenvalue weighted by Gasteiger charge is 2.09. The molecule has 0 atom stereocenters. The second kappa shape index (κ2) is 4.32. The molecule has 1 aliphatic heterocycles. The summed E-state index contributed by atoms with van der Waals surface area (Å²) in [4.78, 5) is 10.5. The van der Waals surface area contributed by atoms with Gasteiger partial charge in [0.15, 0.2) is 12.0 Å². The number of carbonyl (C=O) groups excluding carboxylic acids is 1. The number of allylic oxidation sites excluding steroid dienone is 3. The summed E-state index contributed by atoms with van der Waals surface area (Å²) in [5, 5.41) is 0.682. The highest BCUT2D eigenvalue weighted by Crippen LogP contribution is 2.24. The van der Waals surface area contributed by atoms with Crippen LogP contribution in [-0.2, 0) is 9.53 Å². The van der Waals surface area contributed by atoms with Crippen LogP contribution >= 0.6 is 11.6 Å². The van der Waals surface area contributed by atoms with Gasteiger partial charge in [0.2, 0.25) is 0 Å². The number of hydrogen-bond donors (Lipinski definition) is 0. The van der Waals surface area contributed by atoms with Crippen molar-refractivity contribution in [1.82, 2.24) is 0 Å². The summed E-state index contributed by atoms with van der Waals surface area (Å²) in [6.07, 6.45) is 5.09. The van der Waals surface area contributed by atoms with E-state index in [0.29, 0.717) is 29.2 Å². The molecule has 76 valence electrons. The van der Waals surface area contributed by atoms with Crippen LogP contribution in [0.15, 0.2) is 42.2 Å². The molecule has 0 fully saturated rings. The molecule has 3 heteroatoms. The first kappa shape index (κ1) is 9.99. The van der Waals surface area contributed by atoms with Gasteiger partial charge in [-0.3, -0.25) is 4.79 Å². The molecule has 0 unspecified atom stereocenters. The lowest BCUT2D eigenvalue weighted by atomic mass is 10.1. The van der Waals surface area contributed by atoms with Crippen LogP contribution in [0.1, 0.15) is 12.0 Å². The van der Waals surface area contributed by atoms with Crippen LogP contribution in [0, 0.1) is 0 Å². The number of benzene rings is 1. The Kier molecular flexibility index (Phi) is 2.88. The van der Waals surface area contributed by atoms with E-state index in [1.54, 1.807) is 18.2 Å². The lowest BCUT2D eigenvalue weighted by Crippen LogP contribution is -1.98. The molecule has 0 saturated carbocycles. The van der Waals surface area contributed by atoms with Gasteiger partial charge in [0.25, 0.3) is 0 Å². The van der Waals surface area contributed by atoms with E-state index >= 15 is 0 Å². The van der Waals surface area contributed by atoms with Gasteiger partial charge < -0.3 is 4.74 Å². The average Bonchev–Trinajstić information content (AvgIpc) is 2.30. The van der Waals surface area contributed by atoms with Gasteiger partial charge in [0.05, 0.1) is 0 Å². The first-order valence-corrected chi connectivity index (χ1v) is 4.96. The zero-order chi connectivity index (χ0) is 10.7. The number of halogens is 1. The molecule has 1 aromatic carbocycles. The van der Waals surface area contributed by atoms with E-state index in [-0.39, 0.29) is 0 Å². The van der Waals surface area contributed by atoms with Crippen LogP contribution in [-0.4, -0.2) is 6.29 Å². The fourth-order valence-electron chi connectivity index (χ4n) is 1.36. The smallest absolute Gasteiger partial charge is 0.185 e. The maximum absolute atomic E-state index is 10.5. The van der Waals surface area contributed by atoms with E-state index in [0.717, 1.165) is 5.56 Å². The fourth-order valence-corrected chi connectivity index (χ4v) is 1.48. The standard InChI is InChI=1S/C12H9ClO2/c13-10-6-4-9(5-7-10)12-3-1-2-11(8-14)15-12/h2-8H,1H2. The summed E-state index contributed by atoms with van der Waals surface area (Å²) in [6.45, 7) is 0. The number of rotatable bonds is 2. The Bertz CT molecular complexity index is 429. The highest BCUT2D eigenvalue weighted by molar-refractivity contribution is 6.30. The molecule has 0 bridgehead atoms. The zero-order valence-electron chi connectivity index (χ0n) is 7.94. The third-order valence-electron chi connectivity index (χ3n) is 2.09. The van der Waals surface area contributed by atoms with Crippen molar-refractivity contribution in [3.63, 3.8) is 0 Å². The van der Waals surface area contributed by atoms with Crippen molar-refractivity contribution in [2.75, 3.05) is 0 Å². The predicted molar refractivity (Wildman–Crippen MR) is 59.3 cm³/mol. The SMILES string of the molecule is O=CC1=CCC=C(c2ccc(Cl)cc2)O1. The van der Waals surface area contributed by atoms with Crippen LogP contribution in [0.4, 0.5) is 0 Å². The third-order valence-corrected chi connectivity index (χ3v) is 2.35. The monoisotopic (exact) mass is 220 g/mol. The van der Waals surface area contributed by atoms with Gasteiger partial charge in [-0.15, -0.1) is 0 Å². The quantitative estimate of drug-likeness (QED) is 0.716. The van der Waals surface area contributed by atoms with Gasteiger partial charge in [-0.2, -0.15) is 0 Å². The van der Waals surface area contributed by atoms with Crippen molar-refractivity contribution < 1.29 is 9.53 Å². The highest BCUT2D eigenvalue weighted by atomic mass is 35.5. The van der Waals surface area contributed by atoms with Crippen molar-refractivity contribution in [3.05, 3.63) is 52.8 Å². The molecule has 0 radical (unpaired) electrons.